The smallest absolute Gasteiger partial charge is 0.233 e. The Hall–Kier alpha value is -1.16. The highest BCUT2D eigenvalue weighted by Crippen LogP contribution is 2.36. The van der Waals surface area contributed by atoms with Gasteiger partial charge in [-0.1, -0.05) is 26.0 Å². The van der Waals surface area contributed by atoms with Gasteiger partial charge in [-0.2, -0.15) is 0 Å². The van der Waals surface area contributed by atoms with Crippen LogP contribution in [-0.4, -0.2) is 34.0 Å². The van der Waals surface area contributed by atoms with Crippen LogP contribution in [0.3, 0.4) is 0 Å². The summed E-state index contributed by atoms with van der Waals surface area (Å²) in [6, 6.07) is 0. The molecule has 4 nitrogen and oxygen atoms in total. The van der Waals surface area contributed by atoms with Crippen molar-refractivity contribution in [3.05, 3.63) is 12.2 Å². The monoisotopic (exact) mass is 265 g/mol. The average Bonchev–Trinajstić information content (AvgIpc) is 2.53. The number of hydrogen-bond acceptors (Lipinski definition) is 3. The standard InChI is InChI=1S/C15H23NO3/c1-10(2)8-15(3,19)9-16-13(17)11-6-4-5-7-12(11)14(16)18/h4-5,10-12,19H,6-9H2,1-3H3. The molecular formula is C15H23NO3. The second kappa shape index (κ2) is 5.08. The van der Waals surface area contributed by atoms with E-state index in [9.17, 15) is 14.7 Å². The zero-order valence-electron chi connectivity index (χ0n) is 11.9. The first-order chi connectivity index (χ1) is 8.82. The number of allylic oxidation sites excluding steroid dienone is 2. The molecule has 2 aliphatic rings. The molecule has 0 radical (unpaired) electrons. The minimum Gasteiger partial charge on any atom is -0.388 e. The lowest BCUT2D eigenvalue weighted by atomic mass is 9.85. The fraction of sp³-hybridized carbons (Fsp3) is 0.733. The van der Waals surface area contributed by atoms with Gasteiger partial charge in [0.25, 0.3) is 0 Å². The molecular weight excluding hydrogens is 242 g/mol. The first-order valence-electron chi connectivity index (χ1n) is 7.04. The maximum atomic E-state index is 12.3. The Labute approximate surface area is 114 Å². The number of fused-ring (bicyclic) bond motifs is 1. The Morgan fingerprint density at radius 2 is 1.74 bits per heavy atom. The van der Waals surface area contributed by atoms with E-state index in [4.69, 9.17) is 0 Å². The predicted molar refractivity (Wildman–Crippen MR) is 72.2 cm³/mol. The van der Waals surface area contributed by atoms with E-state index in [1.807, 2.05) is 26.0 Å². The summed E-state index contributed by atoms with van der Waals surface area (Å²) in [5, 5.41) is 10.4. The van der Waals surface area contributed by atoms with E-state index in [-0.39, 0.29) is 30.2 Å². The van der Waals surface area contributed by atoms with Crippen molar-refractivity contribution in [3.63, 3.8) is 0 Å². The van der Waals surface area contributed by atoms with Gasteiger partial charge in [0.1, 0.15) is 0 Å². The Morgan fingerprint density at radius 1 is 1.26 bits per heavy atom. The molecule has 2 rings (SSSR count). The Balaban J connectivity index is 2.09. The second-order valence-electron chi connectivity index (χ2n) is 6.51. The lowest BCUT2D eigenvalue weighted by Crippen LogP contribution is -2.45. The van der Waals surface area contributed by atoms with E-state index in [1.165, 1.54) is 4.90 Å². The van der Waals surface area contributed by atoms with Crippen molar-refractivity contribution in [2.75, 3.05) is 6.54 Å². The first-order valence-corrected chi connectivity index (χ1v) is 7.04. The quantitative estimate of drug-likeness (QED) is 0.622. The van der Waals surface area contributed by atoms with E-state index in [1.54, 1.807) is 6.92 Å². The number of likely N-dealkylation sites (tertiary alicyclic amines) is 1. The molecule has 19 heavy (non-hydrogen) atoms. The Morgan fingerprint density at radius 3 is 2.16 bits per heavy atom. The first kappa shape index (κ1) is 14.3. The molecule has 1 fully saturated rings. The summed E-state index contributed by atoms with van der Waals surface area (Å²) in [7, 11) is 0. The molecule has 0 bridgehead atoms. The largest absolute Gasteiger partial charge is 0.388 e. The van der Waals surface area contributed by atoms with Crippen LogP contribution >= 0.6 is 0 Å². The molecule has 0 aromatic rings. The molecule has 1 N–H and O–H groups in total. The van der Waals surface area contributed by atoms with Crippen LogP contribution in [0, 0.1) is 17.8 Å². The summed E-state index contributed by atoms with van der Waals surface area (Å²) in [5.74, 6) is -0.293. The van der Waals surface area contributed by atoms with E-state index in [0.29, 0.717) is 25.2 Å². The van der Waals surface area contributed by atoms with Crippen LogP contribution in [0.2, 0.25) is 0 Å². The van der Waals surface area contributed by atoms with E-state index in [0.717, 1.165) is 0 Å². The SMILES string of the molecule is CC(C)CC(C)(O)CN1C(=O)C2CC=CCC2C1=O. The summed E-state index contributed by atoms with van der Waals surface area (Å²) in [6.07, 6.45) is 5.83. The third-order valence-electron chi connectivity index (χ3n) is 3.95. The Bertz CT molecular complexity index is 386. The van der Waals surface area contributed by atoms with Crippen LogP contribution in [-0.2, 0) is 9.59 Å². The highest BCUT2D eigenvalue weighted by atomic mass is 16.3. The zero-order chi connectivity index (χ0) is 14.2. The van der Waals surface area contributed by atoms with Crippen molar-refractivity contribution in [2.45, 2.75) is 45.6 Å². The van der Waals surface area contributed by atoms with Crippen LogP contribution < -0.4 is 0 Å². The number of nitrogens with zero attached hydrogens (tertiary/aromatic N) is 1. The van der Waals surface area contributed by atoms with Gasteiger partial charge in [0.05, 0.1) is 24.0 Å². The van der Waals surface area contributed by atoms with Crippen LogP contribution in [0.5, 0.6) is 0 Å². The second-order valence-corrected chi connectivity index (χ2v) is 6.51. The number of aliphatic hydroxyl groups is 1. The van der Waals surface area contributed by atoms with Gasteiger partial charge < -0.3 is 5.11 Å². The van der Waals surface area contributed by atoms with E-state index in [2.05, 4.69) is 0 Å². The van der Waals surface area contributed by atoms with Crippen molar-refractivity contribution in [2.24, 2.45) is 17.8 Å². The van der Waals surface area contributed by atoms with Crippen molar-refractivity contribution in [1.29, 1.82) is 0 Å². The molecule has 106 valence electrons. The lowest BCUT2D eigenvalue weighted by Gasteiger charge is -2.29. The van der Waals surface area contributed by atoms with Gasteiger partial charge >= 0.3 is 0 Å². The normalized spacial score (nSPS) is 29.8. The van der Waals surface area contributed by atoms with Crippen molar-refractivity contribution in [3.8, 4) is 0 Å². The van der Waals surface area contributed by atoms with E-state index < -0.39 is 5.60 Å². The summed E-state index contributed by atoms with van der Waals surface area (Å²) in [4.78, 5) is 25.8. The molecule has 1 aliphatic carbocycles. The van der Waals surface area contributed by atoms with Gasteiger partial charge in [-0.05, 0) is 32.1 Å². The summed E-state index contributed by atoms with van der Waals surface area (Å²) in [6.45, 7) is 5.86. The number of amides is 2. The topological polar surface area (TPSA) is 57.6 Å². The molecule has 0 aromatic heterocycles. The minimum atomic E-state index is -1.000. The van der Waals surface area contributed by atoms with Gasteiger partial charge in [0.15, 0.2) is 0 Å². The van der Waals surface area contributed by atoms with Crippen molar-refractivity contribution in [1.82, 2.24) is 4.90 Å². The number of imide groups is 1. The number of β-amino-alcohol motifs (C(OH)–C–C–N with tert-alkyl or cyclic N) is 1. The third-order valence-corrected chi connectivity index (χ3v) is 3.95. The van der Waals surface area contributed by atoms with E-state index >= 15 is 0 Å². The van der Waals surface area contributed by atoms with Crippen LogP contribution in [0.25, 0.3) is 0 Å². The lowest BCUT2D eigenvalue weighted by molar-refractivity contribution is -0.144. The fourth-order valence-electron chi connectivity index (χ4n) is 3.31. The molecule has 3 unspecified atom stereocenters. The van der Waals surface area contributed by atoms with Crippen LogP contribution in [0.4, 0.5) is 0 Å². The molecule has 0 spiro atoms. The van der Waals surface area contributed by atoms with Crippen molar-refractivity contribution < 1.29 is 14.7 Å². The zero-order valence-corrected chi connectivity index (χ0v) is 11.9. The summed E-state index contributed by atoms with van der Waals surface area (Å²) in [5.41, 5.74) is -1.000. The molecule has 2 amide bonds. The molecule has 1 saturated heterocycles. The van der Waals surface area contributed by atoms with Crippen LogP contribution in [0.15, 0.2) is 12.2 Å². The molecule has 1 heterocycles. The highest BCUT2D eigenvalue weighted by molar-refractivity contribution is 6.05. The summed E-state index contributed by atoms with van der Waals surface area (Å²) >= 11 is 0. The van der Waals surface area contributed by atoms with Gasteiger partial charge in [0.2, 0.25) is 11.8 Å². The summed E-state index contributed by atoms with van der Waals surface area (Å²) < 4.78 is 0. The molecule has 1 aliphatic heterocycles. The average molecular weight is 265 g/mol. The Kier molecular flexibility index (Phi) is 3.81. The van der Waals surface area contributed by atoms with Gasteiger partial charge in [-0.25, -0.2) is 0 Å². The highest BCUT2D eigenvalue weighted by Gasteiger charge is 2.48. The van der Waals surface area contributed by atoms with Gasteiger partial charge in [-0.15, -0.1) is 0 Å². The third kappa shape index (κ3) is 2.89. The van der Waals surface area contributed by atoms with Crippen LogP contribution in [0.1, 0.15) is 40.0 Å². The minimum absolute atomic E-state index is 0.108. The number of carbonyl (C=O) groups excluding carboxylic acids is 2. The fourth-order valence-corrected chi connectivity index (χ4v) is 3.31. The van der Waals surface area contributed by atoms with Crippen molar-refractivity contribution >= 4 is 11.8 Å². The van der Waals surface area contributed by atoms with Gasteiger partial charge in [0, 0.05) is 0 Å². The molecule has 0 saturated carbocycles. The maximum absolute atomic E-state index is 12.3. The number of hydrogen-bond donors (Lipinski definition) is 1. The van der Waals surface area contributed by atoms with Gasteiger partial charge in [-0.3, -0.25) is 14.5 Å². The molecule has 3 atom stereocenters. The predicted octanol–water partition coefficient (Wildman–Crippen LogP) is 1.73. The number of carbonyl (C=O) groups is 2. The maximum Gasteiger partial charge on any atom is 0.233 e. The number of rotatable bonds is 4. The molecule has 0 aromatic carbocycles. The molecule has 4 heteroatoms.